The minimum absolute atomic E-state index is 0.0360. The Balaban J connectivity index is 1.23. The van der Waals surface area contributed by atoms with Crippen LogP contribution < -0.4 is 5.32 Å². The third kappa shape index (κ3) is 4.95. The molecule has 0 bridgehead atoms. The van der Waals surface area contributed by atoms with Crippen molar-refractivity contribution in [3.8, 4) is 0 Å². The van der Waals surface area contributed by atoms with Crippen LogP contribution in [0.1, 0.15) is 32.6 Å². The Morgan fingerprint density at radius 3 is 2.61 bits per heavy atom. The van der Waals surface area contributed by atoms with Crippen molar-refractivity contribution >= 4 is 40.8 Å². The van der Waals surface area contributed by atoms with Gasteiger partial charge in [0.1, 0.15) is 6.04 Å². The first kappa shape index (κ1) is 22.6. The zero-order valence-corrected chi connectivity index (χ0v) is 19.3. The predicted molar refractivity (Wildman–Crippen MR) is 122 cm³/mol. The molecule has 1 aliphatic carbocycles. The van der Waals surface area contributed by atoms with Crippen molar-refractivity contribution in [1.29, 1.82) is 0 Å². The highest BCUT2D eigenvalue weighted by Crippen LogP contribution is 2.53. The van der Waals surface area contributed by atoms with Crippen molar-refractivity contribution in [2.24, 2.45) is 5.41 Å². The molecule has 2 saturated heterocycles. The second kappa shape index (κ2) is 9.14. The number of aliphatic hydroxyl groups excluding tert-OH is 1. The Labute approximate surface area is 193 Å². The second-order valence-electron chi connectivity index (χ2n) is 9.04. The monoisotopic (exact) mass is 468 g/mol. The lowest BCUT2D eigenvalue weighted by atomic mass is 9.90. The number of hydrogen-bond donors (Lipinski definition) is 2. The molecule has 31 heavy (non-hydrogen) atoms. The van der Waals surface area contributed by atoms with Gasteiger partial charge in [0.2, 0.25) is 5.91 Å². The van der Waals surface area contributed by atoms with Crippen LogP contribution in [0.15, 0.2) is 18.2 Å². The summed E-state index contributed by atoms with van der Waals surface area (Å²) in [6.07, 6.45) is 4.07. The summed E-state index contributed by atoms with van der Waals surface area (Å²) in [5.74, 6) is -0.0360. The highest BCUT2D eigenvalue weighted by atomic mass is 35.5. The number of carbonyl (C=O) groups is 2. The molecule has 1 spiro atoms. The van der Waals surface area contributed by atoms with Gasteiger partial charge in [-0.2, -0.15) is 0 Å². The van der Waals surface area contributed by atoms with Crippen molar-refractivity contribution in [3.05, 3.63) is 28.2 Å². The number of piperazine rings is 1. The first-order chi connectivity index (χ1) is 14.8. The van der Waals surface area contributed by atoms with Gasteiger partial charge in [-0.05, 0) is 69.3 Å². The molecule has 1 aromatic rings. The number of carbonyl (C=O) groups excluding carboxylic acids is 2. The first-order valence-corrected chi connectivity index (χ1v) is 11.8. The predicted octanol–water partition coefficient (Wildman–Crippen LogP) is 3.29. The van der Waals surface area contributed by atoms with E-state index >= 15 is 0 Å². The Kier molecular flexibility index (Phi) is 6.68. The number of piperidine rings is 1. The molecule has 3 aliphatic rings. The molecule has 4 rings (SSSR count). The number of amides is 3. The number of urea groups is 1. The highest BCUT2D eigenvalue weighted by molar-refractivity contribution is 6.42. The molecule has 0 radical (unpaired) electrons. The maximum atomic E-state index is 12.8. The molecule has 2 atom stereocenters. The molecule has 1 saturated carbocycles. The molecule has 0 unspecified atom stereocenters. The van der Waals surface area contributed by atoms with E-state index in [4.69, 9.17) is 23.2 Å². The minimum atomic E-state index is -0.525. The molecule has 9 heteroatoms. The fourth-order valence-electron chi connectivity index (χ4n) is 4.71. The van der Waals surface area contributed by atoms with E-state index in [0.29, 0.717) is 35.4 Å². The number of halogens is 2. The van der Waals surface area contributed by atoms with Crippen LogP contribution in [-0.4, -0.2) is 83.2 Å². The molecule has 2 aliphatic heterocycles. The van der Waals surface area contributed by atoms with Gasteiger partial charge in [-0.3, -0.25) is 4.79 Å². The molecule has 1 aromatic carbocycles. The fraction of sp³-hybridized carbons (Fsp3) is 0.636. The van der Waals surface area contributed by atoms with Gasteiger partial charge in [0.15, 0.2) is 0 Å². The van der Waals surface area contributed by atoms with Crippen molar-refractivity contribution in [1.82, 2.24) is 14.7 Å². The van der Waals surface area contributed by atoms with Crippen LogP contribution in [0, 0.1) is 5.41 Å². The van der Waals surface area contributed by atoms with Crippen molar-refractivity contribution < 1.29 is 14.7 Å². The second-order valence-corrected chi connectivity index (χ2v) is 9.85. The number of benzene rings is 1. The summed E-state index contributed by atoms with van der Waals surface area (Å²) < 4.78 is 0. The summed E-state index contributed by atoms with van der Waals surface area (Å²) in [6.45, 7) is 6.08. The largest absolute Gasteiger partial charge is 0.391 e. The molecule has 7 nitrogen and oxygen atoms in total. The Bertz CT molecular complexity index is 848. The van der Waals surface area contributed by atoms with Crippen LogP contribution in [0.3, 0.4) is 0 Å². The average molecular weight is 469 g/mol. The number of rotatable bonds is 5. The van der Waals surface area contributed by atoms with E-state index in [1.807, 2.05) is 4.90 Å². The number of nitrogens with zero attached hydrogens (tertiary/aromatic N) is 3. The quantitative estimate of drug-likeness (QED) is 0.694. The maximum Gasteiger partial charge on any atom is 0.322 e. The van der Waals surface area contributed by atoms with Gasteiger partial charge in [-0.1, -0.05) is 23.2 Å². The van der Waals surface area contributed by atoms with Crippen LogP contribution in [0.4, 0.5) is 10.5 Å². The smallest absolute Gasteiger partial charge is 0.322 e. The maximum absolute atomic E-state index is 12.8. The molecule has 170 valence electrons. The zero-order valence-electron chi connectivity index (χ0n) is 17.8. The molecule has 3 fully saturated rings. The Morgan fingerprint density at radius 2 is 1.94 bits per heavy atom. The van der Waals surface area contributed by atoms with Crippen molar-refractivity contribution in [2.75, 3.05) is 44.6 Å². The Morgan fingerprint density at radius 1 is 1.16 bits per heavy atom. The molecular formula is C22H30Cl2N4O3. The van der Waals surface area contributed by atoms with Gasteiger partial charge in [0.25, 0.3) is 0 Å². The SMILES string of the molecule is C[C@H]1C(=O)N(CCCN2CCC3(CC3)[C@H](O)C2)CCN1C(=O)Nc1ccc(Cl)c(Cl)c1. The molecule has 2 heterocycles. The topological polar surface area (TPSA) is 76.1 Å². The van der Waals surface area contributed by atoms with Gasteiger partial charge < -0.3 is 25.1 Å². The van der Waals surface area contributed by atoms with Crippen LogP contribution in [0.25, 0.3) is 0 Å². The number of hydrogen-bond acceptors (Lipinski definition) is 4. The van der Waals surface area contributed by atoms with Gasteiger partial charge in [-0.15, -0.1) is 0 Å². The molecule has 3 amide bonds. The number of anilines is 1. The number of nitrogens with one attached hydrogen (secondary N) is 1. The molecular weight excluding hydrogens is 439 g/mol. The van der Waals surface area contributed by atoms with E-state index in [9.17, 15) is 14.7 Å². The Hall–Kier alpha value is -1.54. The van der Waals surface area contributed by atoms with Crippen molar-refractivity contribution in [2.45, 2.75) is 44.8 Å². The normalized spacial score (nSPS) is 25.7. The van der Waals surface area contributed by atoms with Gasteiger partial charge in [-0.25, -0.2) is 4.79 Å². The molecule has 2 N–H and O–H groups in total. The van der Waals surface area contributed by atoms with E-state index < -0.39 is 6.04 Å². The number of aliphatic hydroxyl groups is 1. The van der Waals surface area contributed by atoms with Gasteiger partial charge in [0.05, 0.1) is 16.1 Å². The third-order valence-corrected chi connectivity index (χ3v) is 7.78. The van der Waals surface area contributed by atoms with E-state index in [0.717, 1.165) is 45.3 Å². The minimum Gasteiger partial charge on any atom is -0.391 e. The third-order valence-electron chi connectivity index (χ3n) is 7.04. The number of β-amino-alcohol motifs (C(OH)–C–C–N with tert-alkyl or cyclic N) is 1. The summed E-state index contributed by atoms with van der Waals surface area (Å²) in [5, 5.41) is 13.9. The average Bonchev–Trinajstić information content (AvgIpc) is 3.52. The summed E-state index contributed by atoms with van der Waals surface area (Å²) >= 11 is 11.9. The van der Waals surface area contributed by atoms with Crippen LogP contribution in [0.2, 0.25) is 10.0 Å². The van der Waals surface area contributed by atoms with Crippen LogP contribution >= 0.6 is 23.2 Å². The summed E-state index contributed by atoms with van der Waals surface area (Å²) in [7, 11) is 0. The van der Waals surface area contributed by atoms with Gasteiger partial charge in [0, 0.05) is 31.9 Å². The molecule has 0 aromatic heterocycles. The van der Waals surface area contributed by atoms with E-state index in [-0.39, 0.29) is 23.5 Å². The van der Waals surface area contributed by atoms with Crippen LogP contribution in [-0.2, 0) is 4.79 Å². The first-order valence-electron chi connectivity index (χ1n) is 11.0. The van der Waals surface area contributed by atoms with E-state index in [1.54, 1.807) is 30.0 Å². The standard InChI is InChI=1S/C22H30Cl2N4O3/c1-15-20(30)27(9-2-8-26-10-7-22(5-6-22)19(29)14-26)11-12-28(15)21(31)25-16-3-4-17(23)18(24)13-16/h3-4,13,15,19,29H,2,5-12,14H2,1H3,(H,25,31)/t15-,19+/m0/s1. The summed E-state index contributed by atoms with van der Waals surface area (Å²) in [4.78, 5) is 31.2. The lowest BCUT2D eigenvalue weighted by molar-refractivity contribution is -0.139. The summed E-state index contributed by atoms with van der Waals surface area (Å²) in [5.41, 5.74) is 0.758. The van der Waals surface area contributed by atoms with E-state index in [2.05, 4.69) is 10.2 Å². The lowest BCUT2D eigenvalue weighted by Gasteiger charge is -2.40. The number of likely N-dealkylation sites (tertiary alicyclic amines) is 1. The van der Waals surface area contributed by atoms with E-state index in [1.165, 1.54) is 0 Å². The fourth-order valence-corrected chi connectivity index (χ4v) is 5.01. The van der Waals surface area contributed by atoms with Crippen LogP contribution in [0.5, 0.6) is 0 Å². The summed E-state index contributed by atoms with van der Waals surface area (Å²) in [6, 6.07) is 4.04. The highest BCUT2D eigenvalue weighted by Gasteiger charge is 2.51. The lowest BCUT2D eigenvalue weighted by Crippen LogP contribution is -2.58. The van der Waals surface area contributed by atoms with Crippen molar-refractivity contribution in [3.63, 3.8) is 0 Å². The van der Waals surface area contributed by atoms with Gasteiger partial charge >= 0.3 is 6.03 Å². The zero-order chi connectivity index (χ0) is 22.2.